The van der Waals surface area contributed by atoms with E-state index in [1.165, 1.54) is 25.6 Å². The first-order chi connectivity index (χ1) is 8.31. The highest BCUT2D eigenvalue weighted by molar-refractivity contribution is 5.49. The van der Waals surface area contributed by atoms with E-state index in [9.17, 15) is 0 Å². The molecule has 1 rings (SSSR count). The monoisotopic (exact) mass is 232 g/mol. The first-order valence-electron chi connectivity index (χ1n) is 6.25. The molecule has 1 atom stereocenters. The molecule has 0 aliphatic heterocycles. The van der Waals surface area contributed by atoms with E-state index in [1.54, 1.807) is 6.20 Å². The normalized spacial score (nSPS) is 11.8. The molecule has 1 unspecified atom stereocenters. The van der Waals surface area contributed by atoms with Gasteiger partial charge in [-0.3, -0.25) is 0 Å². The summed E-state index contributed by atoms with van der Waals surface area (Å²) in [5.41, 5.74) is 0.512. The third-order valence-corrected chi connectivity index (χ3v) is 2.93. The van der Waals surface area contributed by atoms with Gasteiger partial charge in [-0.05, 0) is 12.3 Å². The molecule has 0 bridgehead atoms. The van der Waals surface area contributed by atoms with Gasteiger partial charge in [0.05, 0.1) is 6.20 Å². The molecular weight excluding hydrogens is 212 g/mol. The zero-order chi connectivity index (χ0) is 12.5. The minimum atomic E-state index is 0.512. The zero-order valence-electron chi connectivity index (χ0n) is 10.6. The van der Waals surface area contributed by atoms with Crippen LogP contribution in [0.15, 0.2) is 12.5 Å². The van der Waals surface area contributed by atoms with Crippen molar-refractivity contribution in [2.75, 3.05) is 11.9 Å². The van der Waals surface area contributed by atoms with Crippen LogP contribution in [-0.4, -0.2) is 16.5 Å². The average Bonchev–Trinajstić information content (AvgIpc) is 2.39. The molecule has 0 saturated carbocycles. The Morgan fingerprint density at radius 3 is 2.94 bits per heavy atom. The maximum Gasteiger partial charge on any atom is 0.147 e. The number of anilines is 1. The van der Waals surface area contributed by atoms with Crippen LogP contribution in [0.4, 0.5) is 5.82 Å². The molecular formula is C13H20N4. The number of rotatable bonds is 7. The molecule has 0 spiro atoms. The van der Waals surface area contributed by atoms with E-state index in [0.29, 0.717) is 17.3 Å². The Labute approximate surface area is 103 Å². The van der Waals surface area contributed by atoms with Crippen LogP contribution in [0.2, 0.25) is 0 Å². The minimum Gasteiger partial charge on any atom is -0.369 e. The highest BCUT2D eigenvalue weighted by Crippen LogP contribution is 2.15. The van der Waals surface area contributed by atoms with Crippen LogP contribution in [0.1, 0.15) is 45.1 Å². The summed E-state index contributed by atoms with van der Waals surface area (Å²) in [4.78, 5) is 7.93. The molecule has 1 heterocycles. The molecule has 0 aromatic carbocycles. The van der Waals surface area contributed by atoms with Gasteiger partial charge in [0.2, 0.25) is 0 Å². The summed E-state index contributed by atoms with van der Waals surface area (Å²) >= 11 is 0. The number of unbranched alkanes of at least 4 members (excludes halogenated alkanes) is 1. The van der Waals surface area contributed by atoms with Crippen LogP contribution in [0.5, 0.6) is 0 Å². The van der Waals surface area contributed by atoms with E-state index >= 15 is 0 Å². The average molecular weight is 232 g/mol. The van der Waals surface area contributed by atoms with E-state index in [-0.39, 0.29) is 0 Å². The second kappa shape index (κ2) is 7.61. The van der Waals surface area contributed by atoms with Crippen molar-refractivity contribution in [2.45, 2.75) is 39.5 Å². The molecule has 0 fully saturated rings. The van der Waals surface area contributed by atoms with Gasteiger partial charge >= 0.3 is 0 Å². The van der Waals surface area contributed by atoms with Crippen molar-refractivity contribution < 1.29 is 0 Å². The Hall–Kier alpha value is -1.63. The molecule has 0 saturated heterocycles. The molecule has 1 N–H and O–H groups in total. The molecule has 92 valence electrons. The zero-order valence-corrected chi connectivity index (χ0v) is 10.6. The summed E-state index contributed by atoms with van der Waals surface area (Å²) < 4.78 is 0. The maximum absolute atomic E-state index is 8.91. The van der Waals surface area contributed by atoms with E-state index in [1.807, 2.05) is 0 Å². The lowest BCUT2D eigenvalue weighted by Gasteiger charge is -2.15. The van der Waals surface area contributed by atoms with E-state index in [0.717, 1.165) is 13.0 Å². The summed E-state index contributed by atoms with van der Waals surface area (Å²) in [6.45, 7) is 5.29. The van der Waals surface area contributed by atoms with Crippen molar-refractivity contribution in [3.05, 3.63) is 18.1 Å². The molecule has 17 heavy (non-hydrogen) atoms. The summed E-state index contributed by atoms with van der Waals surface area (Å²) in [5, 5.41) is 12.2. The third kappa shape index (κ3) is 4.39. The van der Waals surface area contributed by atoms with Crippen molar-refractivity contribution >= 4 is 5.82 Å². The second-order valence-electron chi connectivity index (χ2n) is 4.19. The molecule has 4 nitrogen and oxygen atoms in total. The van der Waals surface area contributed by atoms with Crippen molar-refractivity contribution in [3.8, 4) is 6.07 Å². The van der Waals surface area contributed by atoms with Crippen molar-refractivity contribution in [3.63, 3.8) is 0 Å². The quantitative estimate of drug-likeness (QED) is 0.785. The fourth-order valence-electron chi connectivity index (χ4n) is 1.74. The minimum absolute atomic E-state index is 0.512. The van der Waals surface area contributed by atoms with E-state index < -0.39 is 0 Å². The molecule has 0 aliphatic carbocycles. The first kappa shape index (κ1) is 13.4. The maximum atomic E-state index is 8.91. The third-order valence-electron chi connectivity index (χ3n) is 2.93. The van der Waals surface area contributed by atoms with Crippen molar-refractivity contribution in [1.29, 1.82) is 5.26 Å². The lowest BCUT2D eigenvalue weighted by Crippen LogP contribution is -2.15. The van der Waals surface area contributed by atoms with Crippen LogP contribution < -0.4 is 5.32 Å². The predicted octanol–water partition coefficient (Wildman–Crippen LogP) is 2.98. The molecule has 4 heteroatoms. The fourth-order valence-corrected chi connectivity index (χ4v) is 1.74. The molecule has 0 amide bonds. The highest BCUT2D eigenvalue weighted by Gasteiger charge is 2.08. The largest absolute Gasteiger partial charge is 0.369 e. The van der Waals surface area contributed by atoms with E-state index in [4.69, 9.17) is 5.26 Å². The predicted molar refractivity (Wildman–Crippen MR) is 68.5 cm³/mol. The first-order valence-corrected chi connectivity index (χ1v) is 6.25. The highest BCUT2D eigenvalue weighted by atomic mass is 15.0. The fraction of sp³-hybridized carbons (Fsp3) is 0.615. The Kier molecular flexibility index (Phi) is 6.02. The van der Waals surface area contributed by atoms with E-state index in [2.05, 4.69) is 35.2 Å². The van der Waals surface area contributed by atoms with Crippen LogP contribution >= 0.6 is 0 Å². The smallest absolute Gasteiger partial charge is 0.147 e. The van der Waals surface area contributed by atoms with Crippen LogP contribution in [-0.2, 0) is 0 Å². The van der Waals surface area contributed by atoms with Gasteiger partial charge < -0.3 is 5.32 Å². The van der Waals surface area contributed by atoms with Gasteiger partial charge in [0.15, 0.2) is 0 Å². The lowest BCUT2D eigenvalue weighted by atomic mass is 9.99. The number of nitriles is 1. The molecule has 0 aliphatic rings. The second-order valence-corrected chi connectivity index (χ2v) is 4.19. The van der Waals surface area contributed by atoms with Gasteiger partial charge in [-0.25, -0.2) is 9.97 Å². The van der Waals surface area contributed by atoms with Crippen molar-refractivity contribution in [2.24, 2.45) is 5.92 Å². The number of aromatic nitrogens is 2. The number of hydrogen-bond acceptors (Lipinski definition) is 4. The van der Waals surface area contributed by atoms with Gasteiger partial charge in [0.25, 0.3) is 0 Å². The summed E-state index contributed by atoms with van der Waals surface area (Å²) in [7, 11) is 0. The Morgan fingerprint density at radius 1 is 1.47 bits per heavy atom. The van der Waals surface area contributed by atoms with Gasteiger partial charge in [0.1, 0.15) is 23.8 Å². The van der Waals surface area contributed by atoms with Crippen LogP contribution in [0, 0.1) is 17.2 Å². The van der Waals surface area contributed by atoms with Crippen molar-refractivity contribution in [1.82, 2.24) is 9.97 Å². The summed E-state index contributed by atoms with van der Waals surface area (Å²) in [6, 6.07) is 2.09. The van der Waals surface area contributed by atoms with Gasteiger partial charge in [0, 0.05) is 6.54 Å². The number of nitrogens with zero attached hydrogens (tertiary/aromatic N) is 3. The van der Waals surface area contributed by atoms with Gasteiger partial charge in [-0.15, -0.1) is 0 Å². The molecule has 1 aromatic heterocycles. The topological polar surface area (TPSA) is 61.6 Å². The van der Waals surface area contributed by atoms with Crippen LogP contribution in [0.25, 0.3) is 0 Å². The Bertz CT molecular complexity index is 370. The Balaban J connectivity index is 2.51. The lowest BCUT2D eigenvalue weighted by molar-refractivity contribution is 0.472. The SMILES string of the molecule is CCCCC(CC)CNc1ncncc1C#N. The number of hydrogen-bond donors (Lipinski definition) is 1. The van der Waals surface area contributed by atoms with Gasteiger partial charge in [-0.2, -0.15) is 5.26 Å². The number of nitrogens with one attached hydrogen (secondary N) is 1. The molecule has 0 radical (unpaired) electrons. The van der Waals surface area contributed by atoms with Crippen LogP contribution in [0.3, 0.4) is 0 Å². The summed E-state index contributed by atoms with van der Waals surface area (Å²) in [5.74, 6) is 1.30. The summed E-state index contributed by atoms with van der Waals surface area (Å²) in [6.07, 6.45) is 7.88. The Morgan fingerprint density at radius 2 is 2.29 bits per heavy atom. The molecule has 1 aromatic rings. The standard InChI is InChI=1S/C13H20N4/c1-3-5-6-11(4-2)8-16-13-12(7-14)9-15-10-17-13/h9-11H,3-6,8H2,1-2H3,(H,15,16,17). The van der Waals surface area contributed by atoms with Gasteiger partial charge in [-0.1, -0.05) is 33.1 Å².